The molecule has 30 heavy (non-hydrogen) atoms. The van der Waals surface area contributed by atoms with Crippen LogP contribution in [0.2, 0.25) is 0 Å². The van der Waals surface area contributed by atoms with Gasteiger partial charge in [0.2, 0.25) is 5.88 Å². The lowest BCUT2D eigenvalue weighted by molar-refractivity contribution is 0.238. The summed E-state index contributed by atoms with van der Waals surface area (Å²) in [7, 11) is 2.09. The zero-order chi connectivity index (χ0) is 21.8. The lowest BCUT2D eigenvalue weighted by Crippen LogP contribution is -2.25. The van der Waals surface area contributed by atoms with E-state index in [2.05, 4.69) is 72.2 Å². The fourth-order valence-electron chi connectivity index (χ4n) is 3.10. The highest BCUT2D eigenvalue weighted by molar-refractivity contribution is 5.80. The first-order chi connectivity index (χ1) is 14.5. The number of hydrogen-bond donors (Lipinski definition) is 1. The van der Waals surface area contributed by atoms with Gasteiger partial charge in [-0.15, -0.1) is 0 Å². The molecule has 0 aliphatic heterocycles. The quantitative estimate of drug-likeness (QED) is 0.379. The molecule has 0 atom stereocenters. The van der Waals surface area contributed by atoms with Crippen LogP contribution < -0.4 is 15.1 Å². The number of ether oxygens (including phenoxy) is 1. The summed E-state index contributed by atoms with van der Waals surface area (Å²) in [6.45, 7) is 13.1. The maximum absolute atomic E-state index is 5.98. The van der Waals surface area contributed by atoms with E-state index in [1.54, 1.807) is 0 Å². The molecular weight excluding hydrogens is 374 g/mol. The minimum atomic E-state index is 0.606. The number of aromatic nitrogens is 1. The molecule has 0 saturated heterocycles. The molecule has 0 aliphatic rings. The monoisotopic (exact) mass is 411 g/mol. The summed E-state index contributed by atoms with van der Waals surface area (Å²) in [6.07, 6.45) is 4.00. The van der Waals surface area contributed by atoms with Crippen molar-refractivity contribution in [3.05, 3.63) is 47.5 Å². The van der Waals surface area contributed by atoms with Crippen molar-refractivity contribution in [2.24, 2.45) is 5.10 Å². The first kappa shape index (κ1) is 23.7. The average molecular weight is 412 g/mol. The van der Waals surface area contributed by atoms with E-state index in [0.29, 0.717) is 18.3 Å². The molecule has 0 unspecified atom stereocenters. The van der Waals surface area contributed by atoms with Crippen LogP contribution >= 0.6 is 0 Å². The van der Waals surface area contributed by atoms with Gasteiger partial charge in [0.1, 0.15) is 6.61 Å². The average Bonchev–Trinajstić information content (AvgIpc) is 2.73. The normalized spacial score (nSPS) is 11.3. The van der Waals surface area contributed by atoms with E-state index in [4.69, 9.17) is 4.74 Å². The zero-order valence-corrected chi connectivity index (χ0v) is 19.2. The van der Waals surface area contributed by atoms with Gasteiger partial charge in [0.15, 0.2) is 5.82 Å². The van der Waals surface area contributed by atoms with Crippen LogP contribution in [-0.4, -0.2) is 55.9 Å². The number of nitrogens with one attached hydrogen (secondary N) is 1. The van der Waals surface area contributed by atoms with Crippen LogP contribution in [0.4, 0.5) is 11.5 Å². The van der Waals surface area contributed by atoms with Crippen LogP contribution in [0.3, 0.4) is 0 Å². The molecule has 1 aromatic carbocycles. The van der Waals surface area contributed by atoms with Crippen LogP contribution in [0.15, 0.2) is 41.5 Å². The Bertz CT molecular complexity index is 787. The Balaban J connectivity index is 2.18. The number of benzene rings is 1. The molecule has 0 saturated carbocycles. The first-order valence-electron chi connectivity index (χ1n) is 11.0. The molecule has 164 valence electrons. The predicted molar refractivity (Wildman–Crippen MR) is 128 cm³/mol. The third-order valence-corrected chi connectivity index (χ3v) is 4.84. The molecule has 0 spiro atoms. The standard InChI is InChI=1S/C24H37N5O/c1-6-12-29(13-7-2)22-17-23(26-24(18-22)30-15-14-28(5)8-3)27-25-19-21-11-9-10-20(4)16-21/h9-11,16-19H,6-8,12-15H2,1-5H3,(H,26,27)/b25-19+. The molecule has 1 aromatic heterocycles. The first-order valence-corrected chi connectivity index (χ1v) is 11.0. The molecule has 0 bridgehead atoms. The van der Waals surface area contributed by atoms with Gasteiger partial charge in [0.25, 0.3) is 0 Å². The Labute approximate surface area is 182 Å². The van der Waals surface area contributed by atoms with Crippen LogP contribution in [0, 0.1) is 6.92 Å². The van der Waals surface area contributed by atoms with Crippen LogP contribution in [0.5, 0.6) is 5.88 Å². The molecule has 0 aliphatic carbocycles. The second-order valence-electron chi connectivity index (χ2n) is 7.56. The second kappa shape index (κ2) is 12.9. The number of aryl methyl sites for hydroxylation is 1. The Kier molecular flexibility index (Phi) is 10.1. The van der Waals surface area contributed by atoms with E-state index in [9.17, 15) is 0 Å². The highest BCUT2D eigenvalue weighted by atomic mass is 16.5. The van der Waals surface area contributed by atoms with Crippen molar-refractivity contribution in [3.63, 3.8) is 0 Å². The van der Waals surface area contributed by atoms with Gasteiger partial charge in [-0.1, -0.05) is 50.6 Å². The van der Waals surface area contributed by atoms with Crippen molar-refractivity contribution in [2.45, 2.75) is 40.5 Å². The number of likely N-dealkylation sites (N-methyl/N-ethyl adjacent to an activating group) is 1. The summed E-state index contributed by atoms with van der Waals surface area (Å²) in [4.78, 5) is 9.21. The van der Waals surface area contributed by atoms with Gasteiger partial charge in [0, 0.05) is 37.5 Å². The van der Waals surface area contributed by atoms with Crippen molar-refractivity contribution in [3.8, 4) is 5.88 Å². The fourth-order valence-corrected chi connectivity index (χ4v) is 3.10. The largest absolute Gasteiger partial charge is 0.476 e. The molecule has 6 heteroatoms. The molecule has 1 N–H and O–H groups in total. The summed E-state index contributed by atoms with van der Waals surface area (Å²) in [5, 5.41) is 4.39. The number of rotatable bonds is 13. The van der Waals surface area contributed by atoms with Crippen LogP contribution in [0.1, 0.15) is 44.7 Å². The summed E-state index contributed by atoms with van der Waals surface area (Å²) in [6, 6.07) is 12.3. The summed E-state index contributed by atoms with van der Waals surface area (Å²) < 4.78 is 5.98. The Morgan fingerprint density at radius 2 is 1.83 bits per heavy atom. The Hall–Kier alpha value is -2.60. The third kappa shape index (κ3) is 8.03. The highest BCUT2D eigenvalue weighted by Gasteiger charge is 2.10. The van der Waals surface area contributed by atoms with Crippen molar-refractivity contribution >= 4 is 17.7 Å². The summed E-state index contributed by atoms with van der Waals surface area (Å²) in [5.74, 6) is 1.31. The van der Waals surface area contributed by atoms with Crippen molar-refractivity contribution in [1.82, 2.24) is 9.88 Å². The number of nitrogens with zero attached hydrogens (tertiary/aromatic N) is 4. The van der Waals surface area contributed by atoms with E-state index >= 15 is 0 Å². The van der Waals surface area contributed by atoms with E-state index in [-0.39, 0.29) is 0 Å². The maximum Gasteiger partial charge on any atom is 0.217 e. The summed E-state index contributed by atoms with van der Waals surface area (Å²) in [5.41, 5.74) is 6.46. The van der Waals surface area contributed by atoms with Gasteiger partial charge in [-0.2, -0.15) is 10.1 Å². The van der Waals surface area contributed by atoms with Gasteiger partial charge in [-0.3, -0.25) is 5.43 Å². The molecule has 0 radical (unpaired) electrons. The molecule has 2 aromatic rings. The fraction of sp³-hybridized carbons (Fsp3) is 0.500. The van der Waals surface area contributed by atoms with E-state index < -0.39 is 0 Å². The van der Waals surface area contributed by atoms with Crippen molar-refractivity contribution < 1.29 is 4.74 Å². The predicted octanol–water partition coefficient (Wildman–Crippen LogP) is 4.79. The van der Waals surface area contributed by atoms with Gasteiger partial charge >= 0.3 is 0 Å². The van der Waals surface area contributed by atoms with Crippen LogP contribution in [-0.2, 0) is 0 Å². The molecular formula is C24H37N5O. The molecule has 1 heterocycles. The molecule has 0 fully saturated rings. The number of hydrogen-bond acceptors (Lipinski definition) is 6. The van der Waals surface area contributed by atoms with Gasteiger partial charge < -0.3 is 14.5 Å². The lowest BCUT2D eigenvalue weighted by atomic mass is 10.2. The van der Waals surface area contributed by atoms with E-state index in [1.165, 1.54) is 5.56 Å². The van der Waals surface area contributed by atoms with Gasteiger partial charge in [-0.05, 0) is 38.9 Å². The molecule has 6 nitrogen and oxygen atoms in total. The number of pyridine rings is 1. The SMILES string of the molecule is CCCN(CCC)c1cc(N/N=C/c2cccc(C)c2)nc(OCCN(C)CC)c1. The van der Waals surface area contributed by atoms with Crippen molar-refractivity contribution in [1.29, 1.82) is 0 Å². The number of hydrazone groups is 1. The van der Waals surface area contributed by atoms with Gasteiger partial charge in [0.05, 0.1) is 6.21 Å². The van der Waals surface area contributed by atoms with Crippen LogP contribution in [0.25, 0.3) is 0 Å². The molecule has 0 amide bonds. The number of anilines is 2. The topological polar surface area (TPSA) is 53.0 Å². The Morgan fingerprint density at radius 1 is 1.07 bits per heavy atom. The smallest absolute Gasteiger partial charge is 0.217 e. The van der Waals surface area contributed by atoms with E-state index in [1.807, 2.05) is 30.5 Å². The lowest BCUT2D eigenvalue weighted by Gasteiger charge is -2.24. The Morgan fingerprint density at radius 3 is 2.50 bits per heavy atom. The molecule has 2 rings (SSSR count). The van der Waals surface area contributed by atoms with E-state index in [0.717, 1.165) is 50.3 Å². The minimum absolute atomic E-state index is 0.606. The maximum atomic E-state index is 5.98. The minimum Gasteiger partial charge on any atom is -0.476 e. The van der Waals surface area contributed by atoms with Gasteiger partial charge in [-0.25, -0.2) is 0 Å². The van der Waals surface area contributed by atoms with Crippen molar-refractivity contribution in [2.75, 3.05) is 50.2 Å². The third-order valence-electron chi connectivity index (χ3n) is 4.84. The zero-order valence-electron chi connectivity index (χ0n) is 19.2. The second-order valence-corrected chi connectivity index (χ2v) is 7.56. The highest BCUT2D eigenvalue weighted by Crippen LogP contribution is 2.24. The summed E-state index contributed by atoms with van der Waals surface area (Å²) >= 11 is 0.